The summed E-state index contributed by atoms with van der Waals surface area (Å²) in [6.07, 6.45) is -1.15. The van der Waals surface area contributed by atoms with Crippen LogP contribution in [-0.4, -0.2) is 39.6 Å². The van der Waals surface area contributed by atoms with E-state index in [0.29, 0.717) is 16.8 Å². The van der Waals surface area contributed by atoms with Gasteiger partial charge in [-0.25, -0.2) is 22.9 Å². The number of amides is 1. The van der Waals surface area contributed by atoms with Crippen LogP contribution in [0.4, 0.5) is 4.79 Å². The van der Waals surface area contributed by atoms with Crippen molar-refractivity contribution in [1.82, 2.24) is 19.2 Å². The van der Waals surface area contributed by atoms with Crippen LogP contribution in [0.15, 0.2) is 47.3 Å². The van der Waals surface area contributed by atoms with Crippen molar-refractivity contribution in [1.29, 1.82) is 0 Å². The highest BCUT2D eigenvalue weighted by molar-refractivity contribution is 7.70. The molecule has 11 heteroatoms. The monoisotopic (exact) mass is 506 g/mol. The second-order valence-electron chi connectivity index (χ2n) is 8.95. The van der Waals surface area contributed by atoms with Crippen molar-refractivity contribution in [3.63, 3.8) is 0 Å². The number of hydrogen-bond acceptors (Lipinski definition) is 5. The Labute approximate surface area is 204 Å². The Morgan fingerprint density at radius 3 is 2.41 bits per heavy atom. The standard InChI is InChI=1S/C23H27ClN4O5S/c1-13(26-34(32)33)15-8-6-9-16(12-15)27-20(14(2)28(22(30)31)23(3,4)5)25-18-11-7-10-17(24)19(18)21(27)29/h6-14,34H,1-5H3,(H,30,31)(H,26,32,33)/t13-,14?/m0/s1. The molecular weight excluding hydrogens is 480 g/mol. The number of halogens is 1. The van der Waals surface area contributed by atoms with Crippen LogP contribution in [0.3, 0.4) is 0 Å². The van der Waals surface area contributed by atoms with Gasteiger partial charge in [-0.2, -0.15) is 0 Å². The number of nitrogens with one attached hydrogen (secondary N) is 1. The molecule has 0 saturated heterocycles. The molecule has 0 aliphatic carbocycles. The Bertz CT molecular complexity index is 1370. The maximum absolute atomic E-state index is 13.7. The summed E-state index contributed by atoms with van der Waals surface area (Å²) in [5.41, 5.74) is 0.144. The molecule has 0 radical (unpaired) electrons. The number of hydrogen-bond donors (Lipinski definition) is 3. The lowest BCUT2D eigenvalue weighted by molar-refractivity contribution is 0.0719. The minimum Gasteiger partial charge on any atom is -0.465 e. The van der Waals surface area contributed by atoms with E-state index in [1.807, 2.05) is 0 Å². The molecule has 182 valence electrons. The molecular formula is C23H27ClN4O5S. The normalized spacial score (nSPS) is 13.7. The highest BCUT2D eigenvalue weighted by atomic mass is 35.5. The van der Waals surface area contributed by atoms with Gasteiger partial charge in [-0.1, -0.05) is 29.8 Å². The predicted octanol–water partition coefficient (Wildman–Crippen LogP) is 4.06. The van der Waals surface area contributed by atoms with E-state index in [0.717, 1.165) is 0 Å². The zero-order valence-corrected chi connectivity index (χ0v) is 21.1. The van der Waals surface area contributed by atoms with Crippen molar-refractivity contribution >= 4 is 39.5 Å². The minimum atomic E-state index is -2.83. The minimum absolute atomic E-state index is 0.206. The molecule has 0 bridgehead atoms. The molecule has 0 spiro atoms. The van der Waals surface area contributed by atoms with E-state index in [2.05, 4.69) is 9.71 Å². The molecule has 1 aromatic heterocycles. The lowest BCUT2D eigenvalue weighted by Crippen LogP contribution is -2.47. The summed E-state index contributed by atoms with van der Waals surface area (Å²) in [7, 11) is -2.83. The van der Waals surface area contributed by atoms with Gasteiger partial charge in [0, 0.05) is 11.6 Å². The fourth-order valence-corrected chi connectivity index (χ4v) is 4.77. The third-order valence-corrected chi connectivity index (χ3v) is 6.40. The average molecular weight is 507 g/mol. The first-order valence-corrected chi connectivity index (χ1v) is 12.1. The van der Waals surface area contributed by atoms with E-state index >= 15 is 0 Å². The molecule has 0 aliphatic heterocycles. The molecule has 34 heavy (non-hydrogen) atoms. The third-order valence-electron chi connectivity index (χ3n) is 5.49. The van der Waals surface area contributed by atoms with Gasteiger partial charge in [0.1, 0.15) is 5.82 Å². The van der Waals surface area contributed by atoms with Crippen molar-refractivity contribution in [2.24, 2.45) is 0 Å². The largest absolute Gasteiger partial charge is 0.465 e. The Morgan fingerprint density at radius 1 is 1.18 bits per heavy atom. The number of fused-ring (bicyclic) bond motifs is 1. The molecule has 2 atom stereocenters. The van der Waals surface area contributed by atoms with Crippen LogP contribution in [0.1, 0.15) is 58.1 Å². The summed E-state index contributed by atoms with van der Waals surface area (Å²) in [4.78, 5) is 31.8. The van der Waals surface area contributed by atoms with Gasteiger partial charge in [0.2, 0.25) is 10.9 Å². The molecule has 3 aromatic rings. The van der Waals surface area contributed by atoms with E-state index in [9.17, 15) is 23.1 Å². The Hall–Kier alpha value is -2.95. The van der Waals surface area contributed by atoms with Gasteiger partial charge in [-0.3, -0.25) is 14.3 Å². The first-order chi connectivity index (χ1) is 15.8. The zero-order chi connectivity index (χ0) is 25.4. The van der Waals surface area contributed by atoms with Gasteiger partial charge >= 0.3 is 6.09 Å². The fourth-order valence-electron chi connectivity index (χ4n) is 4.05. The molecule has 0 saturated carbocycles. The van der Waals surface area contributed by atoms with Crippen LogP contribution < -0.4 is 10.3 Å². The van der Waals surface area contributed by atoms with Crippen LogP contribution in [0.2, 0.25) is 5.02 Å². The van der Waals surface area contributed by atoms with Crippen LogP contribution in [0, 0.1) is 0 Å². The van der Waals surface area contributed by atoms with Crippen molar-refractivity contribution in [2.45, 2.75) is 52.2 Å². The van der Waals surface area contributed by atoms with Gasteiger partial charge in [-0.15, -0.1) is 0 Å². The maximum atomic E-state index is 13.7. The second-order valence-corrected chi connectivity index (χ2v) is 10.1. The summed E-state index contributed by atoms with van der Waals surface area (Å²) >= 11 is 6.34. The first-order valence-electron chi connectivity index (χ1n) is 10.6. The summed E-state index contributed by atoms with van der Waals surface area (Å²) in [6, 6.07) is 10.3. The highest BCUT2D eigenvalue weighted by Gasteiger charge is 2.34. The van der Waals surface area contributed by atoms with Crippen LogP contribution in [0.25, 0.3) is 16.6 Å². The van der Waals surface area contributed by atoms with E-state index in [-0.39, 0.29) is 16.2 Å². The van der Waals surface area contributed by atoms with Gasteiger partial charge in [0.25, 0.3) is 5.56 Å². The highest BCUT2D eigenvalue weighted by Crippen LogP contribution is 2.30. The number of benzene rings is 2. The van der Waals surface area contributed by atoms with Crippen LogP contribution in [-0.2, 0) is 10.9 Å². The molecule has 9 nitrogen and oxygen atoms in total. The van der Waals surface area contributed by atoms with E-state index in [4.69, 9.17) is 11.6 Å². The van der Waals surface area contributed by atoms with Gasteiger partial charge in [0.15, 0.2) is 0 Å². The van der Waals surface area contributed by atoms with Crippen molar-refractivity contribution < 1.29 is 18.3 Å². The average Bonchev–Trinajstić information content (AvgIpc) is 2.71. The smallest absolute Gasteiger partial charge is 0.408 e. The summed E-state index contributed by atoms with van der Waals surface area (Å²) in [5, 5.41) is 10.4. The topological polar surface area (TPSA) is 122 Å². The van der Waals surface area contributed by atoms with E-state index in [1.54, 1.807) is 77.1 Å². The van der Waals surface area contributed by atoms with Crippen LogP contribution >= 0.6 is 11.6 Å². The molecule has 0 aliphatic rings. The lowest BCUT2D eigenvalue weighted by atomic mass is 10.0. The van der Waals surface area contributed by atoms with Crippen molar-refractivity contribution in [3.05, 3.63) is 69.2 Å². The number of nitrogens with zero attached hydrogens (tertiary/aromatic N) is 3. The molecule has 1 unspecified atom stereocenters. The Balaban J connectivity index is 2.35. The van der Waals surface area contributed by atoms with Crippen LogP contribution in [0.5, 0.6) is 0 Å². The van der Waals surface area contributed by atoms with Gasteiger partial charge < -0.3 is 5.11 Å². The third kappa shape index (κ3) is 5.08. The van der Waals surface area contributed by atoms with E-state index < -0.39 is 40.2 Å². The second kappa shape index (κ2) is 9.73. The van der Waals surface area contributed by atoms with Crippen molar-refractivity contribution in [2.75, 3.05) is 0 Å². The Morgan fingerprint density at radius 2 is 1.82 bits per heavy atom. The Kier molecular flexibility index (Phi) is 7.35. The predicted molar refractivity (Wildman–Crippen MR) is 132 cm³/mol. The molecule has 2 N–H and O–H groups in total. The lowest BCUT2D eigenvalue weighted by Gasteiger charge is -2.38. The number of aromatic nitrogens is 2. The van der Waals surface area contributed by atoms with Crippen molar-refractivity contribution in [3.8, 4) is 5.69 Å². The number of thiol groups is 1. The van der Waals surface area contributed by atoms with Gasteiger partial charge in [-0.05, 0) is 64.4 Å². The summed E-state index contributed by atoms with van der Waals surface area (Å²) < 4.78 is 26.0. The first kappa shape index (κ1) is 25.7. The maximum Gasteiger partial charge on any atom is 0.408 e. The SMILES string of the molecule is CC(c1nc2cccc(Cl)c2c(=O)n1-c1cccc([C@H](C)N[SH](=O)=O)c1)N(C(=O)O)C(C)(C)C. The number of carboxylic acid groups (broad SMARTS) is 1. The quantitative estimate of drug-likeness (QED) is 0.433. The summed E-state index contributed by atoms with van der Waals surface area (Å²) in [6.45, 7) is 8.63. The zero-order valence-electron chi connectivity index (χ0n) is 19.4. The number of carbonyl (C=O) groups is 1. The fraction of sp³-hybridized carbons (Fsp3) is 0.348. The molecule has 3 rings (SSSR count). The molecule has 2 aromatic carbocycles. The molecule has 1 amide bonds. The number of rotatable bonds is 6. The molecule has 0 fully saturated rings. The van der Waals surface area contributed by atoms with Gasteiger partial charge in [0.05, 0.1) is 27.7 Å². The molecule has 1 heterocycles. The van der Waals surface area contributed by atoms with E-state index in [1.165, 1.54) is 9.47 Å². The summed E-state index contributed by atoms with van der Waals surface area (Å²) in [5.74, 6) is 0.213.